The fourth-order valence-electron chi connectivity index (χ4n) is 1.88. The number of nitrogens with one attached hydrogen (secondary N) is 1. The third-order valence-electron chi connectivity index (χ3n) is 3.00. The first-order valence-corrected chi connectivity index (χ1v) is 6.16. The zero-order valence-electron chi connectivity index (χ0n) is 11.1. The first kappa shape index (κ1) is 13.1. The number of aromatic nitrogens is 1. The number of benzene rings is 1. The number of hydrogen-bond acceptors (Lipinski definition) is 3. The van der Waals surface area contributed by atoms with Gasteiger partial charge in [-0.2, -0.15) is 0 Å². The normalized spacial score (nSPS) is 11.9. The van der Waals surface area contributed by atoms with Crippen LogP contribution in [0.25, 0.3) is 0 Å². The van der Waals surface area contributed by atoms with E-state index in [-0.39, 0.29) is 11.9 Å². The molecule has 1 atom stereocenters. The molecule has 0 saturated heterocycles. The van der Waals surface area contributed by atoms with Gasteiger partial charge in [-0.3, -0.25) is 9.78 Å². The fraction of sp³-hybridized carbons (Fsp3) is 0.200. The summed E-state index contributed by atoms with van der Waals surface area (Å²) in [6.07, 6.45) is 1.55. The van der Waals surface area contributed by atoms with Crippen LogP contribution in [0.2, 0.25) is 0 Å². The minimum atomic E-state index is -0.159. The van der Waals surface area contributed by atoms with Crippen molar-refractivity contribution in [2.45, 2.75) is 19.9 Å². The van der Waals surface area contributed by atoms with Crippen LogP contribution >= 0.6 is 0 Å². The molecule has 4 nitrogen and oxygen atoms in total. The summed E-state index contributed by atoms with van der Waals surface area (Å²) in [5.74, 6) is -0.159. The van der Waals surface area contributed by atoms with Gasteiger partial charge in [-0.25, -0.2) is 0 Å². The minimum absolute atomic E-state index is 0.0606. The molecule has 0 unspecified atom stereocenters. The van der Waals surface area contributed by atoms with Crippen molar-refractivity contribution in [2.75, 3.05) is 5.73 Å². The quantitative estimate of drug-likeness (QED) is 0.885. The molecule has 98 valence electrons. The highest BCUT2D eigenvalue weighted by Crippen LogP contribution is 2.14. The SMILES string of the molecule is Cc1ncc(N)cc1C(=O)N[C@H](C)c1ccccc1. The van der Waals surface area contributed by atoms with Crippen molar-refractivity contribution < 1.29 is 4.79 Å². The van der Waals surface area contributed by atoms with Crippen molar-refractivity contribution in [1.29, 1.82) is 0 Å². The lowest BCUT2D eigenvalue weighted by Gasteiger charge is -2.15. The molecule has 0 fully saturated rings. The highest BCUT2D eigenvalue weighted by molar-refractivity contribution is 5.96. The summed E-state index contributed by atoms with van der Waals surface area (Å²) in [5.41, 5.74) is 8.40. The Morgan fingerprint density at radius 2 is 2.00 bits per heavy atom. The van der Waals surface area contributed by atoms with Crippen LogP contribution in [0.4, 0.5) is 5.69 Å². The number of rotatable bonds is 3. The van der Waals surface area contributed by atoms with Crippen molar-refractivity contribution in [3.63, 3.8) is 0 Å². The first-order chi connectivity index (χ1) is 9.08. The number of amides is 1. The largest absolute Gasteiger partial charge is 0.397 e. The summed E-state index contributed by atoms with van der Waals surface area (Å²) in [6.45, 7) is 3.74. The van der Waals surface area contributed by atoms with Gasteiger partial charge < -0.3 is 11.1 Å². The van der Waals surface area contributed by atoms with Gasteiger partial charge in [0.1, 0.15) is 0 Å². The molecule has 0 aliphatic heterocycles. The molecule has 2 aromatic rings. The predicted molar refractivity (Wildman–Crippen MR) is 75.7 cm³/mol. The number of pyridine rings is 1. The Kier molecular flexibility index (Phi) is 3.80. The summed E-state index contributed by atoms with van der Waals surface area (Å²) >= 11 is 0. The Labute approximate surface area is 112 Å². The number of nitrogens with zero attached hydrogens (tertiary/aromatic N) is 1. The van der Waals surface area contributed by atoms with E-state index in [0.29, 0.717) is 16.9 Å². The van der Waals surface area contributed by atoms with E-state index >= 15 is 0 Å². The third-order valence-corrected chi connectivity index (χ3v) is 3.00. The molecule has 1 heterocycles. The van der Waals surface area contributed by atoms with Gasteiger partial charge in [-0.15, -0.1) is 0 Å². The van der Waals surface area contributed by atoms with Crippen LogP contribution in [0.15, 0.2) is 42.6 Å². The highest BCUT2D eigenvalue weighted by Gasteiger charge is 2.14. The lowest BCUT2D eigenvalue weighted by molar-refractivity contribution is 0.0939. The molecular weight excluding hydrogens is 238 g/mol. The average Bonchev–Trinajstić information content (AvgIpc) is 2.42. The molecule has 2 rings (SSSR count). The van der Waals surface area contributed by atoms with Crippen molar-refractivity contribution >= 4 is 11.6 Å². The van der Waals surface area contributed by atoms with E-state index in [1.807, 2.05) is 37.3 Å². The fourth-order valence-corrected chi connectivity index (χ4v) is 1.88. The number of nitrogens with two attached hydrogens (primary N) is 1. The van der Waals surface area contributed by atoms with Crippen molar-refractivity contribution in [2.24, 2.45) is 0 Å². The van der Waals surface area contributed by atoms with E-state index in [4.69, 9.17) is 5.73 Å². The number of hydrogen-bond donors (Lipinski definition) is 2. The molecule has 4 heteroatoms. The molecule has 0 saturated carbocycles. The summed E-state index contributed by atoms with van der Waals surface area (Å²) in [4.78, 5) is 16.3. The summed E-state index contributed by atoms with van der Waals surface area (Å²) in [6, 6.07) is 11.4. The second-order valence-electron chi connectivity index (χ2n) is 4.51. The van der Waals surface area contributed by atoms with E-state index in [0.717, 1.165) is 5.56 Å². The minimum Gasteiger partial charge on any atom is -0.397 e. The van der Waals surface area contributed by atoms with Gasteiger partial charge in [-0.1, -0.05) is 30.3 Å². The van der Waals surface area contributed by atoms with Gasteiger partial charge in [0.15, 0.2) is 0 Å². The second-order valence-corrected chi connectivity index (χ2v) is 4.51. The van der Waals surface area contributed by atoms with Crippen molar-refractivity contribution in [3.05, 3.63) is 59.4 Å². The topological polar surface area (TPSA) is 68.0 Å². The molecule has 1 aromatic heterocycles. The monoisotopic (exact) mass is 255 g/mol. The summed E-state index contributed by atoms with van der Waals surface area (Å²) in [5, 5.41) is 2.95. The molecule has 0 radical (unpaired) electrons. The number of carbonyl (C=O) groups excluding carboxylic acids is 1. The Morgan fingerprint density at radius 3 is 2.68 bits per heavy atom. The Hall–Kier alpha value is -2.36. The van der Waals surface area contributed by atoms with Gasteiger partial charge in [0, 0.05) is 0 Å². The molecule has 1 amide bonds. The Morgan fingerprint density at radius 1 is 1.32 bits per heavy atom. The van der Waals surface area contributed by atoms with Crippen LogP contribution < -0.4 is 11.1 Å². The maximum Gasteiger partial charge on any atom is 0.253 e. The van der Waals surface area contributed by atoms with E-state index in [1.165, 1.54) is 0 Å². The third kappa shape index (κ3) is 3.10. The highest BCUT2D eigenvalue weighted by atomic mass is 16.1. The lowest BCUT2D eigenvalue weighted by Crippen LogP contribution is -2.27. The molecule has 3 N–H and O–H groups in total. The van der Waals surface area contributed by atoms with Crippen molar-refractivity contribution in [1.82, 2.24) is 10.3 Å². The van der Waals surface area contributed by atoms with E-state index < -0.39 is 0 Å². The van der Waals surface area contributed by atoms with Gasteiger partial charge in [0.05, 0.1) is 29.2 Å². The van der Waals surface area contributed by atoms with Gasteiger partial charge >= 0.3 is 0 Å². The standard InChI is InChI=1S/C15H17N3O/c1-10(12-6-4-3-5-7-12)18-15(19)14-8-13(16)9-17-11(14)2/h3-10H,16H2,1-2H3,(H,18,19)/t10-/m1/s1. The van der Waals surface area contributed by atoms with E-state index in [1.54, 1.807) is 19.2 Å². The maximum atomic E-state index is 12.2. The number of anilines is 1. The molecule has 19 heavy (non-hydrogen) atoms. The first-order valence-electron chi connectivity index (χ1n) is 6.16. The molecule has 0 spiro atoms. The van der Waals surface area contributed by atoms with E-state index in [9.17, 15) is 4.79 Å². The molecule has 0 bridgehead atoms. The summed E-state index contributed by atoms with van der Waals surface area (Å²) in [7, 11) is 0. The number of carbonyl (C=O) groups is 1. The van der Waals surface area contributed by atoms with Gasteiger partial charge in [-0.05, 0) is 25.5 Å². The van der Waals surface area contributed by atoms with Gasteiger partial charge in [0.2, 0.25) is 0 Å². The number of nitrogen functional groups attached to an aromatic ring is 1. The molecule has 0 aliphatic carbocycles. The summed E-state index contributed by atoms with van der Waals surface area (Å²) < 4.78 is 0. The zero-order chi connectivity index (χ0) is 13.8. The number of aryl methyl sites for hydroxylation is 1. The van der Waals surface area contributed by atoms with Crippen LogP contribution in [0.3, 0.4) is 0 Å². The van der Waals surface area contributed by atoms with Crippen LogP contribution in [0, 0.1) is 6.92 Å². The predicted octanol–water partition coefficient (Wildman–Crippen LogP) is 2.46. The second kappa shape index (κ2) is 5.52. The smallest absolute Gasteiger partial charge is 0.253 e. The van der Waals surface area contributed by atoms with Crippen LogP contribution in [-0.2, 0) is 0 Å². The van der Waals surface area contributed by atoms with Crippen LogP contribution in [-0.4, -0.2) is 10.9 Å². The van der Waals surface area contributed by atoms with E-state index in [2.05, 4.69) is 10.3 Å². The van der Waals surface area contributed by atoms with Gasteiger partial charge in [0.25, 0.3) is 5.91 Å². The Balaban J connectivity index is 2.15. The zero-order valence-corrected chi connectivity index (χ0v) is 11.1. The maximum absolute atomic E-state index is 12.2. The lowest BCUT2D eigenvalue weighted by atomic mass is 10.1. The molecule has 0 aliphatic rings. The molecule has 1 aromatic carbocycles. The van der Waals surface area contributed by atoms with Crippen LogP contribution in [0.1, 0.15) is 34.6 Å². The molecular formula is C15H17N3O. The van der Waals surface area contributed by atoms with Crippen molar-refractivity contribution in [3.8, 4) is 0 Å². The van der Waals surface area contributed by atoms with Crippen LogP contribution in [0.5, 0.6) is 0 Å². The Bertz CT molecular complexity index is 581. The average molecular weight is 255 g/mol.